The summed E-state index contributed by atoms with van der Waals surface area (Å²) in [6.07, 6.45) is 3.14. The first-order chi connectivity index (χ1) is 9.21. The summed E-state index contributed by atoms with van der Waals surface area (Å²) >= 11 is 5.70. The number of hydrogen-bond acceptors (Lipinski definition) is 3. The Morgan fingerprint density at radius 1 is 1.25 bits per heavy atom. The van der Waals surface area contributed by atoms with Gasteiger partial charge in [-0.2, -0.15) is 4.31 Å². The van der Waals surface area contributed by atoms with E-state index in [1.165, 1.54) is 18.3 Å². The number of pyridine rings is 1. The van der Waals surface area contributed by atoms with Gasteiger partial charge in [0.25, 0.3) is 0 Å². The molecule has 0 spiro atoms. The number of halogens is 1. The van der Waals surface area contributed by atoms with Crippen molar-refractivity contribution in [2.24, 2.45) is 11.3 Å². The average Bonchev–Trinajstić information content (AvgIpc) is 2.38. The molecule has 2 rings (SSSR count). The third-order valence-electron chi connectivity index (χ3n) is 4.02. The SMILES string of the molecule is CC(C)(C)C1CCN(S(=O)(=O)c2ccc(Cl)nc2)CC1. The van der Waals surface area contributed by atoms with Crippen LogP contribution in [0.2, 0.25) is 5.15 Å². The number of sulfonamides is 1. The quantitative estimate of drug-likeness (QED) is 0.787. The lowest BCUT2D eigenvalue weighted by molar-refractivity contribution is 0.154. The Hall–Kier alpha value is -0.650. The van der Waals surface area contributed by atoms with Crippen molar-refractivity contribution in [3.63, 3.8) is 0 Å². The zero-order valence-electron chi connectivity index (χ0n) is 12.1. The third-order valence-corrected chi connectivity index (χ3v) is 6.12. The monoisotopic (exact) mass is 316 g/mol. The number of piperidine rings is 1. The molecule has 6 heteroatoms. The van der Waals surface area contributed by atoms with E-state index >= 15 is 0 Å². The topological polar surface area (TPSA) is 50.3 Å². The minimum absolute atomic E-state index is 0.219. The molecule has 20 heavy (non-hydrogen) atoms. The second kappa shape index (κ2) is 5.62. The van der Waals surface area contributed by atoms with Crippen LogP contribution in [-0.4, -0.2) is 30.8 Å². The van der Waals surface area contributed by atoms with E-state index in [0.717, 1.165) is 12.8 Å². The highest BCUT2D eigenvalue weighted by Gasteiger charge is 2.33. The van der Waals surface area contributed by atoms with E-state index < -0.39 is 10.0 Å². The van der Waals surface area contributed by atoms with E-state index in [0.29, 0.717) is 24.2 Å². The summed E-state index contributed by atoms with van der Waals surface area (Å²) in [7, 11) is -3.44. The zero-order valence-corrected chi connectivity index (χ0v) is 13.7. The van der Waals surface area contributed by atoms with E-state index in [2.05, 4.69) is 25.8 Å². The molecule has 0 aromatic carbocycles. The summed E-state index contributed by atoms with van der Waals surface area (Å²) in [5, 5.41) is 0.301. The van der Waals surface area contributed by atoms with Gasteiger partial charge in [0, 0.05) is 19.3 Å². The summed E-state index contributed by atoms with van der Waals surface area (Å²) in [6.45, 7) is 7.79. The molecular weight excluding hydrogens is 296 g/mol. The fraction of sp³-hybridized carbons (Fsp3) is 0.643. The molecule has 0 unspecified atom stereocenters. The highest BCUT2D eigenvalue weighted by atomic mass is 35.5. The van der Waals surface area contributed by atoms with Crippen molar-refractivity contribution < 1.29 is 8.42 Å². The summed E-state index contributed by atoms with van der Waals surface area (Å²) < 4.78 is 26.6. The predicted octanol–water partition coefficient (Wildman–Crippen LogP) is 3.18. The maximum Gasteiger partial charge on any atom is 0.244 e. The molecule has 0 saturated carbocycles. The van der Waals surface area contributed by atoms with Gasteiger partial charge in [-0.3, -0.25) is 0 Å². The smallest absolute Gasteiger partial charge is 0.243 e. The van der Waals surface area contributed by atoms with Gasteiger partial charge in [0.15, 0.2) is 0 Å². The molecule has 112 valence electrons. The van der Waals surface area contributed by atoms with Crippen LogP contribution in [0.1, 0.15) is 33.6 Å². The van der Waals surface area contributed by atoms with Gasteiger partial charge >= 0.3 is 0 Å². The molecule has 0 N–H and O–H groups in total. The third kappa shape index (κ3) is 3.32. The molecule has 4 nitrogen and oxygen atoms in total. The fourth-order valence-electron chi connectivity index (χ4n) is 2.63. The maximum absolute atomic E-state index is 12.5. The van der Waals surface area contributed by atoms with Crippen LogP contribution in [0.5, 0.6) is 0 Å². The summed E-state index contributed by atoms with van der Waals surface area (Å²) in [5.74, 6) is 0.567. The Morgan fingerprint density at radius 2 is 1.85 bits per heavy atom. The summed E-state index contributed by atoms with van der Waals surface area (Å²) in [6, 6.07) is 3.02. The van der Waals surface area contributed by atoms with Crippen molar-refractivity contribution >= 4 is 21.6 Å². The van der Waals surface area contributed by atoms with Crippen molar-refractivity contribution in [3.8, 4) is 0 Å². The van der Waals surface area contributed by atoms with Gasteiger partial charge in [0.1, 0.15) is 10.0 Å². The van der Waals surface area contributed by atoms with Crippen molar-refractivity contribution in [1.82, 2.24) is 9.29 Å². The molecule has 1 aliphatic heterocycles. The Morgan fingerprint density at radius 3 is 2.30 bits per heavy atom. The van der Waals surface area contributed by atoms with Crippen LogP contribution in [0.15, 0.2) is 23.2 Å². The van der Waals surface area contributed by atoms with E-state index in [9.17, 15) is 8.42 Å². The van der Waals surface area contributed by atoms with Crippen LogP contribution < -0.4 is 0 Å². The predicted molar refractivity (Wildman–Crippen MR) is 80.2 cm³/mol. The molecule has 1 saturated heterocycles. The zero-order chi connectivity index (χ0) is 15.0. The van der Waals surface area contributed by atoms with Gasteiger partial charge in [-0.25, -0.2) is 13.4 Å². The molecule has 1 aromatic rings. The number of rotatable bonds is 2. The lowest BCUT2D eigenvalue weighted by Crippen LogP contribution is -2.41. The Labute approximate surface area is 126 Å². The van der Waals surface area contributed by atoms with Gasteiger partial charge in [0.05, 0.1) is 0 Å². The largest absolute Gasteiger partial charge is 0.244 e. The first kappa shape index (κ1) is 15.7. The van der Waals surface area contributed by atoms with Gasteiger partial charge in [-0.1, -0.05) is 32.4 Å². The fourth-order valence-corrected chi connectivity index (χ4v) is 4.15. The second-order valence-electron chi connectivity index (χ2n) is 6.36. The molecule has 0 atom stereocenters. The summed E-state index contributed by atoms with van der Waals surface area (Å²) in [4.78, 5) is 4.07. The van der Waals surface area contributed by atoms with Gasteiger partial charge in [0.2, 0.25) is 10.0 Å². The molecule has 0 bridgehead atoms. The van der Waals surface area contributed by atoms with Crippen LogP contribution in [0, 0.1) is 11.3 Å². The van der Waals surface area contributed by atoms with Crippen LogP contribution in [0.3, 0.4) is 0 Å². The van der Waals surface area contributed by atoms with E-state index in [4.69, 9.17) is 11.6 Å². The van der Waals surface area contributed by atoms with Crippen molar-refractivity contribution in [2.75, 3.05) is 13.1 Å². The standard InChI is InChI=1S/C14H21ClN2O2S/c1-14(2,3)11-6-8-17(9-7-11)20(18,19)12-4-5-13(15)16-10-12/h4-5,10-11H,6-9H2,1-3H3. The molecular formula is C14H21ClN2O2S. The molecule has 2 heterocycles. The van der Waals surface area contributed by atoms with Crippen molar-refractivity contribution in [1.29, 1.82) is 0 Å². The molecule has 1 aliphatic rings. The molecule has 0 aliphatic carbocycles. The molecule has 0 amide bonds. The van der Waals surface area contributed by atoms with Gasteiger partial charge < -0.3 is 0 Å². The van der Waals surface area contributed by atoms with Gasteiger partial charge in [-0.05, 0) is 36.3 Å². The average molecular weight is 317 g/mol. The van der Waals surface area contributed by atoms with Crippen LogP contribution in [0.4, 0.5) is 0 Å². The second-order valence-corrected chi connectivity index (χ2v) is 8.69. The van der Waals surface area contributed by atoms with Crippen LogP contribution >= 0.6 is 11.6 Å². The number of aromatic nitrogens is 1. The van der Waals surface area contributed by atoms with E-state index in [-0.39, 0.29) is 10.3 Å². The lowest BCUT2D eigenvalue weighted by Gasteiger charge is -2.38. The maximum atomic E-state index is 12.5. The van der Waals surface area contributed by atoms with Gasteiger partial charge in [-0.15, -0.1) is 0 Å². The Kier molecular flexibility index (Phi) is 4.42. The van der Waals surface area contributed by atoms with Crippen LogP contribution in [0.25, 0.3) is 0 Å². The highest BCUT2D eigenvalue weighted by Crippen LogP contribution is 2.35. The van der Waals surface area contributed by atoms with E-state index in [1.54, 1.807) is 4.31 Å². The first-order valence-electron chi connectivity index (χ1n) is 6.83. The van der Waals surface area contributed by atoms with E-state index in [1.807, 2.05) is 0 Å². The van der Waals surface area contributed by atoms with Crippen molar-refractivity contribution in [3.05, 3.63) is 23.5 Å². The Balaban J connectivity index is 2.11. The lowest BCUT2D eigenvalue weighted by atomic mass is 9.76. The Bertz CT molecular complexity index is 556. The molecule has 1 fully saturated rings. The molecule has 0 radical (unpaired) electrons. The normalized spacial score (nSPS) is 19.2. The minimum atomic E-state index is -3.44. The first-order valence-corrected chi connectivity index (χ1v) is 8.65. The number of nitrogens with zero attached hydrogens (tertiary/aromatic N) is 2. The minimum Gasteiger partial charge on any atom is -0.243 e. The summed E-state index contributed by atoms with van der Waals surface area (Å²) in [5.41, 5.74) is 0.234. The highest BCUT2D eigenvalue weighted by molar-refractivity contribution is 7.89. The number of hydrogen-bond donors (Lipinski definition) is 0. The van der Waals surface area contributed by atoms with Crippen molar-refractivity contribution in [2.45, 2.75) is 38.5 Å². The molecule has 1 aromatic heterocycles. The van der Waals surface area contributed by atoms with Crippen LogP contribution in [-0.2, 0) is 10.0 Å².